The number of aromatic nitrogens is 4. The SMILES string of the molecule is CCN1CCC[C@H]1[C@@H]1CCCN1C(=O)c1sccc1-n1cnnn1. The molecule has 2 aromatic rings. The van der Waals surface area contributed by atoms with Crippen LogP contribution in [0, 0.1) is 0 Å². The van der Waals surface area contributed by atoms with Gasteiger partial charge in [0.05, 0.1) is 5.69 Å². The second-order valence-corrected chi connectivity index (χ2v) is 7.35. The molecule has 0 N–H and O–H groups in total. The number of carbonyl (C=O) groups excluding carboxylic acids is 1. The summed E-state index contributed by atoms with van der Waals surface area (Å²) in [5.74, 6) is 0.126. The molecule has 2 atom stereocenters. The number of likely N-dealkylation sites (N-methyl/N-ethyl adjacent to an activating group) is 1. The van der Waals surface area contributed by atoms with Crippen molar-refractivity contribution in [1.82, 2.24) is 30.0 Å². The predicted molar refractivity (Wildman–Crippen MR) is 91.4 cm³/mol. The first-order valence-corrected chi connectivity index (χ1v) is 9.53. The van der Waals surface area contributed by atoms with E-state index in [4.69, 9.17) is 0 Å². The van der Waals surface area contributed by atoms with E-state index in [-0.39, 0.29) is 5.91 Å². The molecule has 2 aliphatic heterocycles. The smallest absolute Gasteiger partial charge is 0.266 e. The van der Waals surface area contributed by atoms with Crippen LogP contribution in [0.15, 0.2) is 17.8 Å². The van der Waals surface area contributed by atoms with Crippen molar-refractivity contribution in [2.45, 2.75) is 44.7 Å². The Bertz CT molecular complexity index is 699. The lowest BCUT2D eigenvalue weighted by Gasteiger charge is -2.34. The molecular formula is C16H22N6OS. The summed E-state index contributed by atoms with van der Waals surface area (Å²) < 4.78 is 1.57. The first-order valence-electron chi connectivity index (χ1n) is 8.65. The molecule has 2 aliphatic rings. The van der Waals surface area contributed by atoms with Crippen LogP contribution >= 0.6 is 11.3 Å². The van der Waals surface area contributed by atoms with Gasteiger partial charge in [0.15, 0.2) is 0 Å². The van der Waals surface area contributed by atoms with Crippen molar-refractivity contribution < 1.29 is 4.79 Å². The molecule has 1 amide bonds. The minimum atomic E-state index is 0.126. The maximum atomic E-state index is 13.2. The summed E-state index contributed by atoms with van der Waals surface area (Å²) in [6, 6.07) is 2.76. The van der Waals surface area contributed by atoms with E-state index in [1.807, 2.05) is 11.4 Å². The molecule has 0 bridgehead atoms. The van der Waals surface area contributed by atoms with Crippen LogP contribution in [0.3, 0.4) is 0 Å². The van der Waals surface area contributed by atoms with Crippen LogP contribution < -0.4 is 0 Å². The van der Waals surface area contributed by atoms with Gasteiger partial charge in [-0.3, -0.25) is 9.69 Å². The van der Waals surface area contributed by atoms with Gasteiger partial charge in [-0.1, -0.05) is 6.92 Å². The van der Waals surface area contributed by atoms with Crippen LogP contribution in [0.25, 0.3) is 5.69 Å². The molecule has 4 heterocycles. The molecule has 7 nitrogen and oxygen atoms in total. The predicted octanol–water partition coefficient (Wildman–Crippen LogP) is 1.81. The zero-order chi connectivity index (χ0) is 16.5. The molecule has 128 valence electrons. The monoisotopic (exact) mass is 346 g/mol. The van der Waals surface area contributed by atoms with Crippen molar-refractivity contribution in [3.05, 3.63) is 22.7 Å². The van der Waals surface area contributed by atoms with Crippen molar-refractivity contribution in [2.75, 3.05) is 19.6 Å². The summed E-state index contributed by atoms with van der Waals surface area (Å²) in [5.41, 5.74) is 0.777. The normalized spacial score (nSPS) is 24.8. The Hall–Kier alpha value is -1.80. The number of tetrazole rings is 1. The number of nitrogens with zero attached hydrogens (tertiary/aromatic N) is 6. The highest BCUT2D eigenvalue weighted by Crippen LogP contribution is 2.32. The Kier molecular flexibility index (Phi) is 4.32. The van der Waals surface area contributed by atoms with Crippen molar-refractivity contribution in [2.24, 2.45) is 0 Å². The highest BCUT2D eigenvalue weighted by atomic mass is 32.1. The molecule has 0 radical (unpaired) electrons. The highest BCUT2D eigenvalue weighted by molar-refractivity contribution is 7.12. The summed E-state index contributed by atoms with van der Waals surface area (Å²) >= 11 is 1.47. The van der Waals surface area contributed by atoms with Crippen LogP contribution in [0.2, 0.25) is 0 Å². The number of rotatable bonds is 4. The number of hydrogen-bond acceptors (Lipinski definition) is 6. The molecule has 8 heteroatoms. The number of carbonyl (C=O) groups is 1. The van der Waals surface area contributed by atoms with Gasteiger partial charge in [-0.05, 0) is 60.6 Å². The molecular weight excluding hydrogens is 324 g/mol. The van der Waals surface area contributed by atoms with Gasteiger partial charge in [0, 0.05) is 18.6 Å². The number of amides is 1. The lowest BCUT2D eigenvalue weighted by Crippen LogP contribution is -2.48. The van der Waals surface area contributed by atoms with Crippen molar-refractivity contribution in [1.29, 1.82) is 0 Å². The molecule has 2 aromatic heterocycles. The van der Waals surface area contributed by atoms with E-state index in [1.165, 1.54) is 30.5 Å². The minimum Gasteiger partial charge on any atom is -0.333 e. The second kappa shape index (κ2) is 6.60. The van der Waals surface area contributed by atoms with Crippen molar-refractivity contribution in [3.8, 4) is 5.69 Å². The Morgan fingerprint density at radius 3 is 2.92 bits per heavy atom. The Balaban J connectivity index is 1.59. The Morgan fingerprint density at radius 2 is 2.12 bits per heavy atom. The lowest BCUT2D eigenvalue weighted by atomic mass is 10.0. The fourth-order valence-electron chi connectivity index (χ4n) is 4.17. The van der Waals surface area contributed by atoms with E-state index < -0.39 is 0 Å². The molecule has 0 aliphatic carbocycles. The Morgan fingerprint density at radius 1 is 1.29 bits per heavy atom. The van der Waals surface area contributed by atoms with E-state index >= 15 is 0 Å². The van der Waals surface area contributed by atoms with Gasteiger partial charge >= 0.3 is 0 Å². The van der Waals surface area contributed by atoms with Gasteiger partial charge in [0.25, 0.3) is 5.91 Å². The van der Waals surface area contributed by atoms with E-state index in [2.05, 4.69) is 32.2 Å². The first-order chi connectivity index (χ1) is 11.8. The molecule has 2 saturated heterocycles. The third-order valence-electron chi connectivity index (χ3n) is 5.26. The van der Waals surface area contributed by atoms with Crippen molar-refractivity contribution in [3.63, 3.8) is 0 Å². The zero-order valence-electron chi connectivity index (χ0n) is 13.8. The largest absolute Gasteiger partial charge is 0.333 e. The van der Waals surface area contributed by atoms with E-state index in [0.717, 1.165) is 43.0 Å². The van der Waals surface area contributed by atoms with Gasteiger partial charge in [-0.15, -0.1) is 16.4 Å². The lowest BCUT2D eigenvalue weighted by molar-refractivity contribution is 0.0654. The summed E-state index contributed by atoms with van der Waals surface area (Å²) in [6.07, 6.45) is 6.18. The standard InChI is InChI=1S/C16H22N6OS/c1-2-20-8-3-5-12(20)13-6-4-9-21(13)16(23)15-14(7-10-24-15)22-11-17-18-19-22/h7,10-13H,2-6,8-9H2,1H3/t12-,13-/m0/s1. The highest BCUT2D eigenvalue weighted by Gasteiger charge is 2.40. The van der Waals surface area contributed by atoms with Gasteiger partial charge in [0.2, 0.25) is 0 Å². The quantitative estimate of drug-likeness (QED) is 0.845. The fraction of sp³-hybridized carbons (Fsp3) is 0.625. The molecule has 2 fully saturated rings. The van der Waals surface area contributed by atoms with Gasteiger partial charge in [-0.25, -0.2) is 0 Å². The van der Waals surface area contributed by atoms with Crippen LogP contribution in [-0.2, 0) is 0 Å². The summed E-state index contributed by atoms with van der Waals surface area (Å²) in [6.45, 7) is 5.30. The second-order valence-electron chi connectivity index (χ2n) is 6.44. The van der Waals surface area contributed by atoms with Crippen molar-refractivity contribution >= 4 is 17.2 Å². The first kappa shape index (κ1) is 15.7. The average Bonchev–Trinajstić information content (AvgIpc) is 3.41. The van der Waals surface area contributed by atoms with Crippen LogP contribution in [0.5, 0.6) is 0 Å². The number of likely N-dealkylation sites (tertiary alicyclic amines) is 2. The molecule has 4 rings (SSSR count). The third-order valence-corrected chi connectivity index (χ3v) is 6.15. The summed E-state index contributed by atoms with van der Waals surface area (Å²) in [4.78, 5) is 18.6. The molecule has 24 heavy (non-hydrogen) atoms. The van der Waals surface area contributed by atoms with E-state index in [1.54, 1.807) is 4.68 Å². The topological polar surface area (TPSA) is 67.2 Å². The Labute approximate surface area is 145 Å². The molecule has 0 spiro atoms. The van der Waals surface area contributed by atoms with Crippen LogP contribution in [0.1, 0.15) is 42.3 Å². The number of thiophene rings is 1. The van der Waals surface area contributed by atoms with E-state index in [0.29, 0.717) is 12.1 Å². The third kappa shape index (κ3) is 2.63. The zero-order valence-corrected chi connectivity index (χ0v) is 14.7. The summed E-state index contributed by atoms with van der Waals surface area (Å²) in [5, 5.41) is 13.2. The van der Waals surface area contributed by atoms with E-state index in [9.17, 15) is 4.79 Å². The number of hydrogen-bond donors (Lipinski definition) is 0. The maximum Gasteiger partial charge on any atom is 0.266 e. The van der Waals surface area contributed by atoms with Gasteiger partial charge in [-0.2, -0.15) is 4.68 Å². The molecule has 0 aromatic carbocycles. The minimum absolute atomic E-state index is 0.126. The molecule has 0 unspecified atom stereocenters. The van der Waals surface area contributed by atoms with Gasteiger partial charge < -0.3 is 4.90 Å². The van der Waals surface area contributed by atoms with Crippen LogP contribution in [-0.4, -0.2) is 67.6 Å². The summed E-state index contributed by atoms with van der Waals surface area (Å²) in [7, 11) is 0. The average molecular weight is 346 g/mol. The molecule has 0 saturated carbocycles. The van der Waals surface area contributed by atoms with Gasteiger partial charge in [0.1, 0.15) is 11.2 Å². The maximum absolute atomic E-state index is 13.2. The fourth-order valence-corrected chi connectivity index (χ4v) is 5.00. The van der Waals surface area contributed by atoms with Crippen LogP contribution in [0.4, 0.5) is 0 Å².